The molecular weight excluding hydrogens is 245 g/mol. The van der Waals surface area contributed by atoms with Crippen LogP contribution < -0.4 is 10.1 Å². The number of methoxy groups -OCH3 is 1. The fourth-order valence-corrected chi connectivity index (χ4v) is 1.91. The summed E-state index contributed by atoms with van der Waals surface area (Å²) in [5, 5.41) is 3.29. The zero-order chi connectivity index (χ0) is 14.1. The lowest BCUT2D eigenvalue weighted by molar-refractivity contribution is 0.171. The van der Waals surface area contributed by atoms with Crippen molar-refractivity contribution in [3.63, 3.8) is 0 Å². The minimum atomic E-state index is -0.222. The van der Waals surface area contributed by atoms with E-state index >= 15 is 0 Å². The highest BCUT2D eigenvalue weighted by molar-refractivity contribution is 5.37. The van der Waals surface area contributed by atoms with Crippen LogP contribution in [0.5, 0.6) is 5.75 Å². The van der Waals surface area contributed by atoms with Crippen molar-refractivity contribution in [1.82, 2.24) is 5.32 Å². The summed E-state index contributed by atoms with van der Waals surface area (Å²) in [7, 11) is 1.66. The molecule has 0 radical (unpaired) electrons. The molecule has 1 atom stereocenters. The number of nitrogens with one attached hydrogen (secondary N) is 1. The van der Waals surface area contributed by atoms with E-state index in [1.165, 1.54) is 6.07 Å². The highest BCUT2D eigenvalue weighted by atomic mass is 19.1. The summed E-state index contributed by atoms with van der Waals surface area (Å²) in [6.07, 6.45) is 1.81. The SMILES string of the molecule is CCCNC(C)c1c(F)cccc1OCCCOC. The van der Waals surface area contributed by atoms with E-state index in [1.807, 2.05) is 13.0 Å². The second-order valence-electron chi connectivity index (χ2n) is 4.52. The van der Waals surface area contributed by atoms with Crippen LogP contribution in [0.15, 0.2) is 18.2 Å². The zero-order valence-electron chi connectivity index (χ0n) is 12.0. The maximum Gasteiger partial charge on any atom is 0.131 e. The molecule has 0 amide bonds. The van der Waals surface area contributed by atoms with E-state index in [-0.39, 0.29) is 11.9 Å². The van der Waals surface area contributed by atoms with Gasteiger partial charge in [-0.3, -0.25) is 0 Å². The standard InChI is InChI=1S/C15H24FNO2/c1-4-9-17-12(2)15-13(16)7-5-8-14(15)19-11-6-10-18-3/h5,7-8,12,17H,4,6,9-11H2,1-3H3. The molecule has 1 aromatic rings. The van der Waals surface area contributed by atoms with Crippen molar-refractivity contribution in [1.29, 1.82) is 0 Å². The minimum absolute atomic E-state index is 0.0569. The molecule has 3 nitrogen and oxygen atoms in total. The van der Waals surface area contributed by atoms with Gasteiger partial charge in [0.1, 0.15) is 11.6 Å². The summed E-state index contributed by atoms with van der Waals surface area (Å²) >= 11 is 0. The molecule has 0 spiro atoms. The van der Waals surface area contributed by atoms with E-state index in [9.17, 15) is 4.39 Å². The van der Waals surface area contributed by atoms with E-state index in [0.29, 0.717) is 24.5 Å². The van der Waals surface area contributed by atoms with Crippen LogP contribution in [0.3, 0.4) is 0 Å². The van der Waals surface area contributed by atoms with Crippen molar-refractivity contribution in [2.24, 2.45) is 0 Å². The van der Waals surface area contributed by atoms with Gasteiger partial charge in [0.15, 0.2) is 0 Å². The second kappa shape index (κ2) is 8.88. The molecule has 1 rings (SSSR count). The van der Waals surface area contributed by atoms with Gasteiger partial charge in [-0.15, -0.1) is 0 Å². The lowest BCUT2D eigenvalue weighted by Crippen LogP contribution is -2.21. The van der Waals surface area contributed by atoms with Gasteiger partial charge in [-0.05, 0) is 32.0 Å². The summed E-state index contributed by atoms with van der Waals surface area (Å²) in [6.45, 7) is 6.08. The third-order valence-electron chi connectivity index (χ3n) is 2.90. The second-order valence-corrected chi connectivity index (χ2v) is 4.52. The van der Waals surface area contributed by atoms with Crippen LogP contribution in [0.4, 0.5) is 4.39 Å². The van der Waals surface area contributed by atoms with Gasteiger partial charge < -0.3 is 14.8 Å². The first kappa shape index (κ1) is 15.9. The molecule has 0 aromatic heterocycles. The normalized spacial score (nSPS) is 12.4. The monoisotopic (exact) mass is 269 g/mol. The van der Waals surface area contributed by atoms with Crippen LogP contribution in [-0.4, -0.2) is 26.9 Å². The Balaban J connectivity index is 2.71. The number of halogens is 1. The predicted molar refractivity (Wildman–Crippen MR) is 75.1 cm³/mol. The Labute approximate surface area is 115 Å². The van der Waals surface area contributed by atoms with Crippen LogP contribution in [-0.2, 0) is 4.74 Å². The maximum absolute atomic E-state index is 14.0. The van der Waals surface area contributed by atoms with Gasteiger partial charge in [0.05, 0.1) is 6.61 Å². The van der Waals surface area contributed by atoms with Crippen molar-refractivity contribution in [3.8, 4) is 5.75 Å². The zero-order valence-corrected chi connectivity index (χ0v) is 12.0. The Bertz CT molecular complexity index is 371. The Kier molecular flexibility index (Phi) is 7.45. The van der Waals surface area contributed by atoms with E-state index in [1.54, 1.807) is 13.2 Å². The van der Waals surface area contributed by atoms with Crippen molar-refractivity contribution < 1.29 is 13.9 Å². The Hall–Kier alpha value is -1.13. The molecule has 0 bridgehead atoms. The van der Waals surface area contributed by atoms with Gasteiger partial charge in [-0.1, -0.05) is 13.0 Å². The third-order valence-corrected chi connectivity index (χ3v) is 2.90. The lowest BCUT2D eigenvalue weighted by Gasteiger charge is -2.18. The molecule has 4 heteroatoms. The van der Waals surface area contributed by atoms with Crippen molar-refractivity contribution in [2.45, 2.75) is 32.7 Å². The molecule has 0 heterocycles. The third kappa shape index (κ3) is 5.17. The molecule has 0 aliphatic carbocycles. The summed E-state index contributed by atoms with van der Waals surface area (Å²) in [4.78, 5) is 0. The van der Waals surface area contributed by atoms with Gasteiger partial charge in [-0.2, -0.15) is 0 Å². The summed E-state index contributed by atoms with van der Waals surface area (Å²) in [5.41, 5.74) is 0.605. The van der Waals surface area contributed by atoms with Gasteiger partial charge in [0.2, 0.25) is 0 Å². The number of hydrogen-bond acceptors (Lipinski definition) is 3. The molecular formula is C15H24FNO2. The van der Waals surface area contributed by atoms with Crippen LogP contribution in [0.2, 0.25) is 0 Å². The fourth-order valence-electron chi connectivity index (χ4n) is 1.91. The first-order chi connectivity index (χ1) is 9.20. The molecule has 0 aliphatic rings. The fraction of sp³-hybridized carbons (Fsp3) is 0.600. The van der Waals surface area contributed by atoms with E-state index in [4.69, 9.17) is 9.47 Å². The molecule has 0 fully saturated rings. The van der Waals surface area contributed by atoms with Gasteiger partial charge in [-0.25, -0.2) is 4.39 Å². The highest BCUT2D eigenvalue weighted by Crippen LogP contribution is 2.28. The highest BCUT2D eigenvalue weighted by Gasteiger charge is 2.16. The molecule has 0 saturated heterocycles. The number of hydrogen-bond donors (Lipinski definition) is 1. The Morgan fingerprint density at radius 1 is 1.32 bits per heavy atom. The number of ether oxygens (including phenoxy) is 2. The van der Waals surface area contributed by atoms with Crippen LogP contribution >= 0.6 is 0 Å². The van der Waals surface area contributed by atoms with Crippen molar-refractivity contribution >= 4 is 0 Å². The smallest absolute Gasteiger partial charge is 0.131 e. The minimum Gasteiger partial charge on any atom is -0.493 e. The van der Waals surface area contributed by atoms with Crippen LogP contribution in [0.1, 0.15) is 38.3 Å². The first-order valence-electron chi connectivity index (χ1n) is 6.84. The van der Waals surface area contributed by atoms with Crippen LogP contribution in [0, 0.1) is 5.82 Å². The number of rotatable bonds is 9. The summed E-state index contributed by atoms with van der Waals surface area (Å²) < 4.78 is 24.6. The number of benzene rings is 1. The largest absolute Gasteiger partial charge is 0.493 e. The molecule has 0 aliphatic heterocycles. The molecule has 108 valence electrons. The Morgan fingerprint density at radius 2 is 2.11 bits per heavy atom. The average Bonchev–Trinajstić information content (AvgIpc) is 2.41. The van der Waals surface area contributed by atoms with Crippen LogP contribution in [0.25, 0.3) is 0 Å². The van der Waals surface area contributed by atoms with E-state index < -0.39 is 0 Å². The quantitative estimate of drug-likeness (QED) is 0.698. The average molecular weight is 269 g/mol. The Morgan fingerprint density at radius 3 is 2.79 bits per heavy atom. The van der Waals surface area contributed by atoms with Crippen molar-refractivity contribution in [3.05, 3.63) is 29.6 Å². The van der Waals surface area contributed by atoms with Gasteiger partial charge in [0.25, 0.3) is 0 Å². The molecule has 0 saturated carbocycles. The van der Waals surface area contributed by atoms with E-state index in [0.717, 1.165) is 19.4 Å². The molecule has 1 N–H and O–H groups in total. The first-order valence-corrected chi connectivity index (χ1v) is 6.84. The topological polar surface area (TPSA) is 30.5 Å². The molecule has 19 heavy (non-hydrogen) atoms. The van der Waals surface area contributed by atoms with Gasteiger partial charge >= 0.3 is 0 Å². The lowest BCUT2D eigenvalue weighted by atomic mass is 10.1. The van der Waals surface area contributed by atoms with E-state index in [2.05, 4.69) is 12.2 Å². The predicted octanol–water partition coefficient (Wildman–Crippen LogP) is 3.30. The van der Waals surface area contributed by atoms with Crippen molar-refractivity contribution in [2.75, 3.05) is 26.9 Å². The summed E-state index contributed by atoms with van der Waals surface area (Å²) in [5.74, 6) is 0.396. The van der Waals surface area contributed by atoms with Gasteiger partial charge in [0, 0.05) is 31.7 Å². The summed E-state index contributed by atoms with van der Waals surface area (Å²) in [6, 6.07) is 4.91. The molecule has 1 unspecified atom stereocenters. The molecule has 1 aromatic carbocycles. The maximum atomic E-state index is 14.0.